The Labute approximate surface area is 176 Å². The lowest BCUT2D eigenvalue weighted by atomic mass is 9.95. The Morgan fingerprint density at radius 1 is 1.13 bits per heavy atom. The molecule has 1 aromatic heterocycles. The second-order valence-electron chi connectivity index (χ2n) is 7.87. The fourth-order valence-corrected chi connectivity index (χ4v) is 4.11. The highest BCUT2D eigenvalue weighted by Gasteiger charge is 2.28. The van der Waals surface area contributed by atoms with Crippen LogP contribution in [-0.2, 0) is 9.53 Å². The average Bonchev–Trinajstić information content (AvgIpc) is 2.80. The van der Waals surface area contributed by atoms with Gasteiger partial charge in [0.2, 0.25) is 5.91 Å². The number of hydrogen-bond acceptors (Lipinski definition) is 6. The molecular weight excluding hydrogens is 385 g/mol. The normalized spacial score (nSPS) is 18.9. The van der Waals surface area contributed by atoms with Crippen LogP contribution in [0.15, 0.2) is 36.8 Å². The van der Waals surface area contributed by atoms with Gasteiger partial charge in [-0.2, -0.15) is 0 Å². The number of amides is 1. The molecule has 1 amide bonds. The van der Waals surface area contributed by atoms with Gasteiger partial charge in [-0.1, -0.05) is 12.1 Å². The first-order chi connectivity index (χ1) is 14.6. The second-order valence-corrected chi connectivity index (χ2v) is 7.87. The summed E-state index contributed by atoms with van der Waals surface area (Å²) in [5, 5.41) is 3.08. The summed E-state index contributed by atoms with van der Waals surface area (Å²) in [6, 6.07) is 6.12. The van der Waals surface area contributed by atoms with E-state index in [-0.39, 0.29) is 23.7 Å². The lowest BCUT2D eigenvalue weighted by Crippen LogP contribution is -2.43. The molecule has 1 aromatic carbocycles. The first-order valence-electron chi connectivity index (χ1n) is 10.6. The first-order valence-corrected chi connectivity index (χ1v) is 10.6. The number of aromatic nitrogens is 2. The number of halogens is 1. The van der Waals surface area contributed by atoms with Gasteiger partial charge in [0.1, 0.15) is 12.1 Å². The van der Waals surface area contributed by atoms with Gasteiger partial charge in [0.05, 0.1) is 31.1 Å². The molecule has 0 spiro atoms. The van der Waals surface area contributed by atoms with E-state index in [1.165, 1.54) is 12.1 Å². The average molecular weight is 413 g/mol. The fourth-order valence-electron chi connectivity index (χ4n) is 4.11. The first kappa shape index (κ1) is 20.5. The Balaban J connectivity index is 1.35. The summed E-state index contributed by atoms with van der Waals surface area (Å²) in [7, 11) is 0. The van der Waals surface area contributed by atoms with Crippen LogP contribution < -0.4 is 15.1 Å². The van der Waals surface area contributed by atoms with Crippen LogP contribution in [0.25, 0.3) is 0 Å². The van der Waals surface area contributed by atoms with E-state index in [2.05, 4.69) is 25.1 Å². The molecule has 2 aromatic rings. The van der Waals surface area contributed by atoms with Gasteiger partial charge in [0, 0.05) is 32.1 Å². The molecule has 2 saturated heterocycles. The topological polar surface area (TPSA) is 70.6 Å². The third kappa shape index (κ3) is 4.70. The fraction of sp³-hybridized carbons (Fsp3) is 0.500. The number of rotatable bonds is 5. The maximum Gasteiger partial charge on any atom is 0.223 e. The maximum atomic E-state index is 13.1. The van der Waals surface area contributed by atoms with E-state index in [0.717, 1.165) is 56.1 Å². The Hall–Kier alpha value is -2.74. The number of piperidine rings is 1. The third-order valence-electron chi connectivity index (χ3n) is 5.92. The number of carbonyl (C=O) groups is 1. The number of benzene rings is 1. The lowest BCUT2D eigenvalue weighted by molar-refractivity contribution is -0.126. The molecular formula is C22H28FN5O2. The Morgan fingerprint density at radius 2 is 1.83 bits per heavy atom. The number of nitrogens with zero attached hydrogens (tertiary/aromatic N) is 4. The minimum absolute atomic E-state index is 0.0272. The van der Waals surface area contributed by atoms with Crippen molar-refractivity contribution in [2.45, 2.75) is 25.8 Å². The number of anilines is 2. The number of morpholine rings is 1. The number of nitrogens with one attached hydrogen (secondary N) is 1. The van der Waals surface area contributed by atoms with Gasteiger partial charge in [-0.3, -0.25) is 4.79 Å². The summed E-state index contributed by atoms with van der Waals surface area (Å²) in [5.74, 6) is 0.705. The SMILES string of the molecule is CC(NC(=O)C1CCN(c2cncnc2N2CCOCC2)CC1)c1ccc(F)cc1. The van der Waals surface area contributed by atoms with Crippen LogP contribution in [0.4, 0.5) is 15.9 Å². The smallest absolute Gasteiger partial charge is 0.223 e. The molecule has 0 bridgehead atoms. The van der Waals surface area contributed by atoms with Gasteiger partial charge < -0.3 is 19.9 Å². The van der Waals surface area contributed by atoms with Gasteiger partial charge in [-0.05, 0) is 37.5 Å². The number of ether oxygens (including phenoxy) is 1. The maximum absolute atomic E-state index is 13.1. The van der Waals surface area contributed by atoms with Crippen LogP contribution in [0.5, 0.6) is 0 Å². The minimum Gasteiger partial charge on any atom is -0.378 e. The molecule has 0 radical (unpaired) electrons. The summed E-state index contributed by atoms with van der Waals surface area (Å²) >= 11 is 0. The highest BCUT2D eigenvalue weighted by atomic mass is 19.1. The van der Waals surface area contributed by atoms with Gasteiger partial charge in [0.25, 0.3) is 0 Å². The molecule has 0 aliphatic carbocycles. The van der Waals surface area contributed by atoms with Crippen LogP contribution in [-0.4, -0.2) is 55.3 Å². The van der Waals surface area contributed by atoms with Crippen LogP contribution >= 0.6 is 0 Å². The van der Waals surface area contributed by atoms with Crippen LogP contribution in [0.2, 0.25) is 0 Å². The Bertz CT molecular complexity index is 849. The zero-order valence-electron chi connectivity index (χ0n) is 17.3. The van der Waals surface area contributed by atoms with E-state index in [0.29, 0.717) is 13.2 Å². The molecule has 1 unspecified atom stereocenters. The van der Waals surface area contributed by atoms with Crippen molar-refractivity contribution in [3.8, 4) is 0 Å². The van der Waals surface area contributed by atoms with E-state index in [9.17, 15) is 9.18 Å². The molecule has 0 saturated carbocycles. The van der Waals surface area contributed by atoms with Gasteiger partial charge >= 0.3 is 0 Å². The summed E-state index contributed by atoms with van der Waals surface area (Å²) in [5.41, 5.74) is 1.93. The lowest BCUT2D eigenvalue weighted by Gasteiger charge is -2.36. The van der Waals surface area contributed by atoms with Gasteiger partial charge in [0.15, 0.2) is 5.82 Å². The predicted molar refractivity (Wildman–Crippen MR) is 113 cm³/mol. The van der Waals surface area contributed by atoms with Crippen molar-refractivity contribution in [3.63, 3.8) is 0 Å². The van der Waals surface area contributed by atoms with Crippen molar-refractivity contribution in [2.75, 3.05) is 49.2 Å². The number of hydrogen-bond donors (Lipinski definition) is 1. The van der Waals surface area contributed by atoms with E-state index in [1.807, 2.05) is 13.1 Å². The molecule has 4 rings (SSSR count). The quantitative estimate of drug-likeness (QED) is 0.812. The summed E-state index contributed by atoms with van der Waals surface area (Å²) in [4.78, 5) is 26.0. The van der Waals surface area contributed by atoms with Crippen LogP contribution in [0, 0.1) is 11.7 Å². The minimum atomic E-state index is -0.272. The Kier molecular flexibility index (Phi) is 6.42. The number of carbonyl (C=O) groups excluding carboxylic acids is 1. The summed E-state index contributed by atoms with van der Waals surface area (Å²) < 4.78 is 18.6. The standard InChI is InChI=1S/C22H28FN5O2/c1-16(17-2-4-19(23)5-3-17)26-22(29)18-6-8-27(9-7-18)20-14-24-15-25-21(20)28-10-12-30-13-11-28/h2-5,14-16,18H,6-13H2,1H3,(H,26,29). The third-order valence-corrected chi connectivity index (χ3v) is 5.92. The zero-order chi connectivity index (χ0) is 20.9. The summed E-state index contributed by atoms with van der Waals surface area (Å²) in [6.07, 6.45) is 5.01. The molecule has 1 atom stereocenters. The molecule has 160 valence electrons. The van der Waals surface area contributed by atoms with Gasteiger partial charge in [-0.15, -0.1) is 0 Å². The van der Waals surface area contributed by atoms with Gasteiger partial charge in [-0.25, -0.2) is 14.4 Å². The van der Waals surface area contributed by atoms with E-state index in [1.54, 1.807) is 18.5 Å². The van der Waals surface area contributed by atoms with Crippen molar-refractivity contribution >= 4 is 17.4 Å². The van der Waals surface area contributed by atoms with Crippen molar-refractivity contribution in [3.05, 3.63) is 48.2 Å². The second kappa shape index (κ2) is 9.38. The van der Waals surface area contributed by atoms with Crippen LogP contribution in [0.3, 0.4) is 0 Å². The molecule has 1 N–H and O–H groups in total. The molecule has 3 heterocycles. The van der Waals surface area contributed by atoms with Crippen molar-refractivity contribution in [2.24, 2.45) is 5.92 Å². The predicted octanol–water partition coefficient (Wildman–Crippen LogP) is 2.55. The molecule has 8 heteroatoms. The highest BCUT2D eigenvalue weighted by Crippen LogP contribution is 2.30. The van der Waals surface area contributed by atoms with E-state index >= 15 is 0 Å². The largest absolute Gasteiger partial charge is 0.378 e. The van der Waals surface area contributed by atoms with Crippen molar-refractivity contribution < 1.29 is 13.9 Å². The monoisotopic (exact) mass is 413 g/mol. The Morgan fingerprint density at radius 3 is 2.53 bits per heavy atom. The molecule has 7 nitrogen and oxygen atoms in total. The summed E-state index contributed by atoms with van der Waals surface area (Å²) in [6.45, 7) is 6.56. The van der Waals surface area contributed by atoms with Crippen LogP contribution in [0.1, 0.15) is 31.4 Å². The van der Waals surface area contributed by atoms with Crippen molar-refractivity contribution in [1.82, 2.24) is 15.3 Å². The van der Waals surface area contributed by atoms with Crippen molar-refractivity contribution in [1.29, 1.82) is 0 Å². The molecule has 2 aliphatic heterocycles. The van der Waals surface area contributed by atoms with E-state index < -0.39 is 0 Å². The molecule has 2 aliphatic rings. The van der Waals surface area contributed by atoms with E-state index in [4.69, 9.17) is 4.74 Å². The zero-order valence-corrected chi connectivity index (χ0v) is 17.3. The molecule has 2 fully saturated rings. The molecule has 30 heavy (non-hydrogen) atoms. The highest BCUT2D eigenvalue weighted by molar-refractivity contribution is 5.79.